The molecule has 106 valence electrons. The second kappa shape index (κ2) is 7.14. The highest BCUT2D eigenvalue weighted by Crippen LogP contribution is 2.36. The number of hydrogen-bond acceptors (Lipinski definition) is 4. The van der Waals surface area contributed by atoms with Crippen molar-refractivity contribution in [3.05, 3.63) is 45.4 Å². The molecule has 0 saturated heterocycles. The van der Waals surface area contributed by atoms with Crippen molar-refractivity contribution in [1.82, 2.24) is 0 Å². The third kappa shape index (κ3) is 3.55. The van der Waals surface area contributed by atoms with Gasteiger partial charge in [-0.2, -0.15) is 0 Å². The van der Waals surface area contributed by atoms with Gasteiger partial charge in [0.15, 0.2) is 0 Å². The lowest BCUT2D eigenvalue weighted by molar-refractivity contribution is 1.16. The molecule has 2 heterocycles. The zero-order valence-corrected chi connectivity index (χ0v) is 13.9. The summed E-state index contributed by atoms with van der Waals surface area (Å²) in [7, 11) is 0. The van der Waals surface area contributed by atoms with Crippen LogP contribution in [0.3, 0.4) is 0 Å². The second-order valence-corrected chi connectivity index (χ2v) is 6.46. The largest absolute Gasteiger partial charge is 0.281 e. The van der Waals surface area contributed by atoms with Crippen LogP contribution in [0.15, 0.2) is 55.4 Å². The van der Waals surface area contributed by atoms with Gasteiger partial charge in [0.05, 0.1) is 23.0 Å². The van der Waals surface area contributed by atoms with E-state index >= 15 is 0 Å². The van der Waals surface area contributed by atoms with Gasteiger partial charge in [0.25, 0.3) is 0 Å². The Hall–Kier alpha value is -1.000. The van der Waals surface area contributed by atoms with E-state index in [1.165, 1.54) is 10.5 Å². The van der Waals surface area contributed by atoms with Crippen molar-refractivity contribution in [2.75, 3.05) is 6.54 Å². The Balaban J connectivity index is 2.21. The van der Waals surface area contributed by atoms with Crippen LogP contribution in [0, 0.1) is 0 Å². The molecule has 20 heavy (non-hydrogen) atoms. The summed E-state index contributed by atoms with van der Waals surface area (Å²) in [4.78, 5) is 11.6. The van der Waals surface area contributed by atoms with Gasteiger partial charge in [0.2, 0.25) is 0 Å². The summed E-state index contributed by atoms with van der Waals surface area (Å²) < 4.78 is 0. The van der Waals surface area contributed by atoms with Crippen LogP contribution in [0.2, 0.25) is 0 Å². The highest BCUT2D eigenvalue weighted by atomic mass is 32.2. The third-order valence-corrected chi connectivity index (χ3v) is 4.75. The molecule has 0 aromatic heterocycles. The zero-order chi connectivity index (χ0) is 14.5. The molecule has 2 aliphatic heterocycles. The normalized spacial score (nSPS) is 22.2. The summed E-state index contributed by atoms with van der Waals surface area (Å²) >= 11 is 6.28. The van der Waals surface area contributed by atoms with Crippen molar-refractivity contribution in [2.24, 2.45) is 9.98 Å². The van der Waals surface area contributed by atoms with E-state index in [2.05, 4.69) is 43.6 Å². The Morgan fingerprint density at radius 2 is 2.35 bits per heavy atom. The highest BCUT2D eigenvalue weighted by Gasteiger charge is 2.22. The minimum Gasteiger partial charge on any atom is -0.281 e. The molecular weight excluding hydrogens is 284 g/mol. The first kappa shape index (κ1) is 15.4. The number of hydrogen-bond donors (Lipinski definition) is 1. The standard InChI is InChI=1S/C16H20N2S2/c1-4-7-14(15(19)5-2)18-16-10-12(11(3)20-16)13-8-6-9-17-13/h4,6-8,19H,5,9-10H2,1-3H3/b7-4-,15-14-,18-16?. The number of thiol groups is 1. The van der Waals surface area contributed by atoms with E-state index in [0.717, 1.165) is 40.7 Å². The maximum Gasteiger partial charge on any atom is 0.0828 e. The summed E-state index contributed by atoms with van der Waals surface area (Å²) in [6.07, 6.45) is 10.0. The predicted molar refractivity (Wildman–Crippen MR) is 94.9 cm³/mol. The molecule has 2 aliphatic rings. The summed E-state index contributed by atoms with van der Waals surface area (Å²) in [5, 5.41) is 1.13. The molecule has 0 fully saturated rings. The molecule has 0 radical (unpaired) electrons. The molecule has 4 heteroatoms. The molecule has 0 aliphatic carbocycles. The van der Waals surface area contributed by atoms with Crippen molar-refractivity contribution in [3.8, 4) is 0 Å². The highest BCUT2D eigenvalue weighted by molar-refractivity contribution is 8.17. The number of rotatable bonds is 4. The monoisotopic (exact) mass is 304 g/mol. The summed E-state index contributed by atoms with van der Waals surface area (Å²) in [5.41, 5.74) is 3.41. The van der Waals surface area contributed by atoms with Gasteiger partial charge in [-0.05, 0) is 42.9 Å². The van der Waals surface area contributed by atoms with Crippen molar-refractivity contribution in [1.29, 1.82) is 0 Å². The van der Waals surface area contributed by atoms with E-state index in [4.69, 9.17) is 4.99 Å². The molecular formula is C16H20N2S2. The van der Waals surface area contributed by atoms with Crippen molar-refractivity contribution in [2.45, 2.75) is 33.6 Å². The third-order valence-electron chi connectivity index (χ3n) is 3.18. The van der Waals surface area contributed by atoms with E-state index in [-0.39, 0.29) is 0 Å². The molecule has 0 unspecified atom stereocenters. The number of aliphatic imine (C=N–C) groups is 2. The second-order valence-electron chi connectivity index (χ2n) is 4.63. The van der Waals surface area contributed by atoms with Crippen molar-refractivity contribution in [3.63, 3.8) is 0 Å². The Morgan fingerprint density at radius 3 is 2.95 bits per heavy atom. The van der Waals surface area contributed by atoms with Crippen LogP contribution in [-0.4, -0.2) is 17.3 Å². The fraction of sp³-hybridized carbons (Fsp3) is 0.375. The fourth-order valence-electron chi connectivity index (χ4n) is 2.12. The van der Waals surface area contributed by atoms with Crippen LogP contribution in [0.25, 0.3) is 0 Å². The van der Waals surface area contributed by atoms with Crippen LogP contribution in [0.4, 0.5) is 0 Å². The van der Waals surface area contributed by atoms with E-state index in [0.29, 0.717) is 0 Å². The molecule has 0 aromatic rings. The van der Waals surface area contributed by atoms with Gasteiger partial charge in [0, 0.05) is 11.3 Å². The van der Waals surface area contributed by atoms with E-state index < -0.39 is 0 Å². The molecule has 0 aromatic carbocycles. The van der Waals surface area contributed by atoms with Gasteiger partial charge in [-0.3, -0.25) is 4.99 Å². The number of allylic oxidation sites excluding steroid dienone is 6. The van der Waals surface area contributed by atoms with Crippen molar-refractivity contribution >= 4 is 35.1 Å². The summed E-state index contributed by atoms with van der Waals surface area (Å²) in [5.74, 6) is 0. The van der Waals surface area contributed by atoms with Crippen LogP contribution in [-0.2, 0) is 0 Å². The molecule has 2 rings (SSSR count). The van der Waals surface area contributed by atoms with Gasteiger partial charge in [0.1, 0.15) is 0 Å². The summed E-state index contributed by atoms with van der Waals surface area (Å²) in [6.45, 7) is 7.06. The first-order valence-electron chi connectivity index (χ1n) is 6.87. The number of nitrogens with zero attached hydrogens (tertiary/aromatic N) is 2. The SMILES string of the molecule is C/C=C\C(N=C1CC(C2=NCC=C2)=C(C)S1)=C(\S)CC. The predicted octanol–water partition coefficient (Wildman–Crippen LogP) is 4.93. The molecule has 0 spiro atoms. The zero-order valence-electron chi connectivity index (χ0n) is 12.2. The Labute approximate surface area is 131 Å². The first-order chi connectivity index (χ1) is 9.65. The summed E-state index contributed by atoms with van der Waals surface area (Å²) in [6, 6.07) is 0. The molecule has 0 atom stereocenters. The van der Waals surface area contributed by atoms with E-state index in [9.17, 15) is 0 Å². The molecule has 0 saturated carbocycles. The average molecular weight is 304 g/mol. The van der Waals surface area contributed by atoms with Crippen LogP contribution < -0.4 is 0 Å². The lowest BCUT2D eigenvalue weighted by atomic mass is 10.1. The molecule has 0 bridgehead atoms. The Bertz CT molecular complexity index is 575. The smallest absolute Gasteiger partial charge is 0.0828 e. The Morgan fingerprint density at radius 1 is 1.55 bits per heavy atom. The van der Waals surface area contributed by atoms with Crippen molar-refractivity contribution < 1.29 is 0 Å². The lowest BCUT2D eigenvalue weighted by Gasteiger charge is -2.03. The van der Waals surface area contributed by atoms with Crippen LogP contribution >= 0.6 is 24.4 Å². The van der Waals surface area contributed by atoms with Gasteiger partial charge >= 0.3 is 0 Å². The van der Waals surface area contributed by atoms with Gasteiger partial charge in [-0.15, -0.1) is 12.6 Å². The minimum absolute atomic E-state index is 0.809. The molecule has 2 nitrogen and oxygen atoms in total. The van der Waals surface area contributed by atoms with Crippen LogP contribution in [0.1, 0.15) is 33.6 Å². The lowest BCUT2D eigenvalue weighted by Crippen LogP contribution is -1.98. The minimum atomic E-state index is 0.809. The van der Waals surface area contributed by atoms with Gasteiger partial charge in [-0.1, -0.05) is 30.8 Å². The first-order valence-corrected chi connectivity index (χ1v) is 8.13. The maximum atomic E-state index is 4.78. The topological polar surface area (TPSA) is 24.7 Å². The van der Waals surface area contributed by atoms with Gasteiger partial charge in [-0.25, -0.2) is 4.99 Å². The van der Waals surface area contributed by atoms with Gasteiger partial charge < -0.3 is 0 Å². The quantitative estimate of drug-likeness (QED) is 0.578. The average Bonchev–Trinajstić information content (AvgIpc) is 3.06. The van der Waals surface area contributed by atoms with E-state index in [1.54, 1.807) is 11.8 Å². The number of thioether (sulfide) groups is 1. The molecule has 0 amide bonds. The Kier molecular flexibility index (Phi) is 5.49. The fourth-order valence-corrected chi connectivity index (χ4v) is 3.26. The van der Waals surface area contributed by atoms with E-state index in [1.807, 2.05) is 19.1 Å². The molecule has 0 N–H and O–H groups in total. The van der Waals surface area contributed by atoms with Crippen LogP contribution in [0.5, 0.6) is 0 Å². The maximum absolute atomic E-state index is 4.78.